The van der Waals surface area contributed by atoms with Gasteiger partial charge < -0.3 is 14.4 Å². The van der Waals surface area contributed by atoms with Gasteiger partial charge in [-0.2, -0.15) is 4.98 Å². The van der Waals surface area contributed by atoms with E-state index in [0.717, 1.165) is 23.1 Å². The highest BCUT2D eigenvalue weighted by atomic mass is 32.2. The van der Waals surface area contributed by atoms with Gasteiger partial charge in [0, 0.05) is 17.2 Å². The van der Waals surface area contributed by atoms with Crippen LogP contribution in [-0.4, -0.2) is 57.9 Å². The molecule has 0 radical (unpaired) electrons. The third-order valence-electron chi connectivity index (χ3n) is 8.83. The number of nitrogens with one attached hydrogen (secondary N) is 1. The van der Waals surface area contributed by atoms with Crippen LogP contribution in [0.4, 0.5) is 5.95 Å². The Balaban J connectivity index is 1.50. The van der Waals surface area contributed by atoms with Crippen molar-refractivity contribution in [1.82, 2.24) is 24.8 Å². The summed E-state index contributed by atoms with van der Waals surface area (Å²) in [5.41, 5.74) is 3.58. The first-order valence-electron chi connectivity index (χ1n) is 15.9. The molecule has 4 aromatic rings. The third kappa shape index (κ3) is 6.64. The predicted octanol–water partition coefficient (Wildman–Crippen LogP) is 6.15. The predicted molar refractivity (Wildman–Crippen MR) is 178 cm³/mol. The maximum absolute atomic E-state index is 14.6. The minimum absolute atomic E-state index is 0.0382. The van der Waals surface area contributed by atoms with Crippen LogP contribution in [0.15, 0.2) is 65.8 Å². The van der Waals surface area contributed by atoms with E-state index in [1.54, 1.807) is 35.5 Å². The van der Waals surface area contributed by atoms with Crippen molar-refractivity contribution in [1.29, 1.82) is 0 Å². The van der Waals surface area contributed by atoms with Crippen molar-refractivity contribution in [3.63, 3.8) is 0 Å². The van der Waals surface area contributed by atoms with E-state index in [9.17, 15) is 13.2 Å². The Kier molecular flexibility index (Phi) is 8.88. The van der Waals surface area contributed by atoms with Gasteiger partial charge in [-0.25, -0.2) is 28.1 Å². The maximum Gasteiger partial charge on any atom is 0.264 e. The molecular weight excluding hydrogens is 616 g/mol. The maximum atomic E-state index is 14.6. The SMILES string of the molecule is Cc1cccc(C)c1-c1cc2nc(n1)NS(=O)(=O)c1cccc(c1)C(=O)N1[C@@H](c3ncc(OC(C)C)cn3)CC[C@@H](C(C)C)[C@H]1CO2. The summed E-state index contributed by atoms with van der Waals surface area (Å²) < 4.78 is 42.1. The number of aromatic nitrogens is 4. The summed E-state index contributed by atoms with van der Waals surface area (Å²) in [6.45, 7) is 12.2. The van der Waals surface area contributed by atoms with Crippen LogP contribution in [0, 0.1) is 25.7 Å². The smallest absolute Gasteiger partial charge is 0.264 e. The van der Waals surface area contributed by atoms with Crippen LogP contribution in [0.3, 0.4) is 0 Å². The number of carbonyl (C=O) groups is 1. The number of rotatable bonds is 5. The van der Waals surface area contributed by atoms with Crippen LogP contribution in [0.25, 0.3) is 11.3 Å². The van der Waals surface area contributed by atoms with Crippen molar-refractivity contribution < 1.29 is 22.7 Å². The van der Waals surface area contributed by atoms with Crippen LogP contribution in [0.2, 0.25) is 0 Å². The summed E-state index contributed by atoms with van der Waals surface area (Å²) in [4.78, 5) is 34.6. The minimum atomic E-state index is -4.18. The molecule has 246 valence electrons. The number of hydrogen-bond acceptors (Lipinski definition) is 9. The molecule has 4 bridgehead atoms. The fraction of sp³-hybridized carbons (Fsp3) is 0.400. The molecule has 0 spiro atoms. The van der Waals surface area contributed by atoms with E-state index < -0.39 is 22.1 Å². The summed E-state index contributed by atoms with van der Waals surface area (Å²) in [6.07, 6.45) is 4.66. The van der Waals surface area contributed by atoms with E-state index in [0.29, 0.717) is 23.7 Å². The van der Waals surface area contributed by atoms with Crippen LogP contribution in [0.5, 0.6) is 11.6 Å². The second-order valence-corrected chi connectivity index (χ2v) is 14.5. The minimum Gasteiger partial charge on any atom is -0.488 e. The molecule has 1 N–H and O–H groups in total. The van der Waals surface area contributed by atoms with Crippen molar-refractivity contribution in [3.05, 3.63) is 83.4 Å². The van der Waals surface area contributed by atoms with E-state index in [1.165, 1.54) is 12.1 Å². The quantitative estimate of drug-likeness (QED) is 0.268. The Morgan fingerprint density at radius 1 is 0.957 bits per heavy atom. The Morgan fingerprint density at radius 3 is 2.34 bits per heavy atom. The van der Waals surface area contributed by atoms with Crippen LogP contribution < -0.4 is 14.2 Å². The number of benzene rings is 2. The zero-order chi connectivity index (χ0) is 33.5. The van der Waals surface area contributed by atoms with Gasteiger partial charge in [-0.1, -0.05) is 38.1 Å². The highest BCUT2D eigenvalue weighted by Gasteiger charge is 2.44. The Hall–Kier alpha value is -4.58. The number of anilines is 1. The van der Waals surface area contributed by atoms with E-state index in [-0.39, 0.29) is 52.7 Å². The van der Waals surface area contributed by atoms with Gasteiger partial charge in [0.1, 0.15) is 6.61 Å². The molecule has 4 heterocycles. The molecule has 0 unspecified atom stereocenters. The summed E-state index contributed by atoms with van der Waals surface area (Å²) in [7, 11) is -4.18. The fourth-order valence-corrected chi connectivity index (χ4v) is 7.65. The van der Waals surface area contributed by atoms with E-state index in [4.69, 9.17) is 9.47 Å². The van der Waals surface area contributed by atoms with E-state index >= 15 is 0 Å². The molecule has 2 aliphatic heterocycles. The third-order valence-corrected chi connectivity index (χ3v) is 10.2. The van der Waals surface area contributed by atoms with Crippen molar-refractivity contribution in [2.75, 3.05) is 11.3 Å². The average molecular weight is 657 g/mol. The summed E-state index contributed by atoms with van der Waals surface area (Å²) in [6, 6.07) is 12.8. The number of ether oxygens (including phenoxy) is 2. The largest absolute Gasteiger partial charge is 0.488 e. The molecule has 2 aliphatic rings. The standard InChI is InChI=1S/C35H40N6O5S/c1-20(2)27-13-14-29(33-36-17-25(18-37-33)46-21(3)4)41-30(27)19-45-31-16-28(32-22(5)9-7-10-23(32)6)38-35(39-31)40-47(43,44)26-12-8-11-24(15-26)34(41)42/h7-12,15-18,20-21,27,29-30H,13-14,19H2,1-6H3,(H,38,39,40)/t27-,29+,30+/m0/s1. The van der Waals surface area contributed by atoms with Gasteiger partial charge in [0.15, 0.2) is 11.6 Å². The lowest BCUT2D eigenvalue weighted by Gasteiger charge is -2.47. The number of carbonyl (C=O) groups excluding carboxylic acids is 1. The topological polar surface area (TPSA) is 136 Å². The lowest BCUT2D eigenvalue weighted by atomic mass is 9.78. The molecule has 1 amide bonds. The van der Waals surface area contributed by atoms with Gasteiger partial charge in [-0.05, 0) is 81.7 Å². The fourth-order valence-electron chi connectivity index (χ4n) is 6.66. The molecule has 0 aliphatic carbocycles. The number of fused-ring (bicyclic) bond motifs is 5. The van der Waals surface area contributed by atoms with Crippen LogP contribution in [-0.2, 0) is 10.0 Å². The number of nitrogens with zero attached hydrogens (tertiary/aromatic N) is 5. The van der Waals surface area contributed by atoms with Gasteiger partial charge in [-0.3, -0.25) is 4.79 Å². The Morgan fingerprint density at radius 2 is 1.66 bits per heavy atom. The summed E-state index contributed by atoms with van der Waals surface area (Å²) in [5.74, 6) is 1.08. The van der Waals surface area contributed by atoms with Crippen molar-refractivity contribution in [2.24, 2.45) is 11.8 Å². The first-order chi connectivity index (χ1) is 22.4. The first-order valence-corrected chi connectivity index (χ1v) is 17.4. The highest BCUT2D eigenvalue weighted by Crippen LogP contribution is 2.41. The number of amides is 1. The number of aryl methyl sites for hydroxylation is 2. The molecule has 3 atom stereocenters. The lowest BCUT2D eigenvalue weighted by molar-refractivity contribution is -0.00152. The molecule has 11 nitrogen and oxygen atoms in total. The summed E-state index contributed by atoms with van der Waals surface area (Å²) in [5, 5.41) is 0. The number of hydrogen-bond donors (Lipinski definition) is 1. The van der Waals surface area contributed by atoms with Gasteiger partial charge in [0.2, 0.25) is 11.8 Å². The number of piperidine rings is 1. The number of sulfonamides is 1. The van der Waals surface area contributed by atoms with Crippen molar-refractivity contribution >= 4 is 21.9 Å². The normalized spacial score (nSPS) is 20.7. The molecule has 1 saturated heterocycles. The molecule has 2 aromatic carbocycles. The molecule has 1 fully saturated rings. The molecule has 0 saturated carbocycles. The second-order valence-electron chi connectivity index (χ2n) is 12.9. The second kappa shape index (κ2) is 12.9. The first kappa shape index (κ1) is 32.4. The van der Waals surface area contributed by atoms with Crippen molar-refractivity contribution in [2.45, 2.75) is 77.5 Å². The average Bonchev–Trinajstić information content (AvgIpc) is 3.02. The molecule has 6 rings (SSSR count). The Labute approximate surface area is 275 Å². The zero-order valence-corrected chi connectivity index (χ0v) is 28.3. The molecule has 47 heavy (non-hydrogen) atoms. The molecule has 12 heteroatoms. The summed E-state index contributed by atoms with van der Waals surface area (Å²) >= 11 is 0. The van der Waals surface area contributed by atoms with Gasteiger partial charge in [0.05, 0.1) is 41.2 Å². The lowest BCUT2D eigenvalue weighted by Crippen LogP contribution is -2.54. The van der Waals surface area contributed by atoms with Gasteiger partial charge in [0.25, 0.3) is 15.9 Å². The van der Waals surface area contributed by atoms with Crippen LogP contribution in [0.1, 0.15) is 73.9 Å². The van der Waals surface area contributed by atoms with Gasteiger partial charge in [-0.15, -0.1) is 0 Å². The zero-order valence-electron chi connectivity index (χ0n) is 27.5. The molecule has 2 aromatic heterocycles. The highest BCUT2D eigenvalue weighted by molar-refractivity contribution is 7.92. The van der Waals surface area contributed by atoms with E-state index in [2.05, 4.69) is 38.5 Å². The van der Waals surface area contributed by atoms with Gasteiger partial charge >= 0.3 is 0 Å². The van der Waals surface area contributed by atoms with Crippen molar-refractivity contribution in [3.8, 4) is 22.9 Å². The monoisotopic (exact) mass is 656 g/mol. The Bertz CT molecular complexity index is 1880. The van der Waals surface area contributed by atoms with E-state index in [1.807, 2.05) is 45.9 Å². The van der Waals surface area contributed by atoms with Crippen LogP contribution >= 0.6 is 0 Å². The molecular formula is C35H40N6O5S.